The number of nitrogens with zero attached hydrogens (tertiary/aromatic N) is 1. The predicted octanol–water partition coefficient (Wildman–Crippen LogP) is 13.4. The summed E-state index contributed by atoms with van der Waals surface area (Å²) in [5.41, 5.74) is 11.3. The third kappa shape index (κ3) is 4.51. The highest BCUT2D eigenvalue weighted by Crippen LogP contribution is 2.44. The van der Waals surface area contributed by atoms with Crippen molar-refractivity contribution in [3.63, 3.8) is 0 Å². The average Bonchev–Trinajstić information content (AvgIpc) is 3.74. The minimum absolute atomic E-state index is 0.856. The zero-order valence-electron chi connectivity index (χ0n) is 26.5. The Kier molecular flexibility index (Phi) is 6.18. The Morgan fingerprint density at radius 3 is 1.76 bits per heavy atom. The monoisotopic (exact) mass is 627 g/mol. The van der Waals surface area contributed by atoms with E-state index >= 15 is 0 Å². The minimum atomic E-state index is 0.856. The average molecular weight is 628 g/mol. The summed E-state index contributed by atoms with van der Waals surface area (Å²) in [4.78, 5) is 2.33. The van der Waals surface area contributed by atoms with Gasteiger partial charge in [-0.25, -0.2) is 0 Å². The lowest BCUT2D eigenvalue weighted by Crippen LogP contribution is -2.10. The fourth-order valence-corrected chi connectivity index (χ4v) is 7.33. The Hall–Kier alpha value is -6.58. The molecule has 230 valence electrons. The Morgan fingerprint density at radius 1 is 0.327 bits per heavy atom. The zero-order chi connectivity index (χ0) is 32.3. The van der Waals surface area contributed by atoms with E-state index in [9.17, 15) is 0 Å². The highest BCUT2D eigenvalue weighted by molar-refractivity contribution is 6.16. The van der Waals surface area contributed by atoms with E-state index < -0.39 is 0 Å². The molecule has 3 nitrogen and oxygen atoms in total. The standard InChI is InChI=1S/C46H29NO2/c1-3-11-30(12-4-1)36-24-20-33(27-41(36)31-13-5-2-6-14-31)47(35-21-25-39-38-17-9-10-18-43(38)48-45(39)29-35)34-22-26-44-42(28-34)40-23-19-32-15-7-8-16-37(32)46(40)49-44/h1-29H. The van der Waals surface area contributed by atoms with E-state index in [0.717, 1.165) is 66.3 Å². The largest absolute Gasteiger partial charge is 0.456 e. The number of benzene rings is 8. The molecular formula is C46H29NO2. The van der Waals surface area contributed by atoms with Crippen LogP contribution in [0.15, 0.2) is 185 Å². The second-order valence-corrected chi connectivity index (χ2v) is 12.5. The number of hydrogen-bond acceptors (Lipinski definition) is 3. The van der Waals surface area contributed by atoms with Gasteiger partial charge in [0.1, 0.15) is 22.3 Å². The SMILES string of the molecule is c1ccc(-c2ccc(N(c3ccc4c(c3)oc3ccccc34)c3ccc4oc5c6ccccc6ccc5c4c3)cc2-c2ccccc2)cc1. The van der Waals surface area contributed by atoms with Crippen molar-refractivity contribution in [2.45, 2.75) is 0 Å². The second kappa shape index (κ2) is 11.0. The number of rotatable bonds is 5. The topological polar surface area (TPSA) is 29.5 Å². The van der Waals surface area contributed by atoms with Gasteiger partial charge in [0.2, 0.25) is 0 Å². The second-order valence-electron chi connectivity index (χ2n) is 12.5. The predicted molar refractivity (Wildman–Crippen MR) is 204 cm³/mol. The van der Waals surface area contributed by atoms with Crippen LogP contribution < -0.4 is 4.90 Å². The van der Waals surface area contributed by atoms with Crippen LogP contribution in [0.25, 0.3) is 76.9 Å². The Bertz CT molecular complexity index is 2830. The molecule has 0 aliphatic heterocycles. The lowest BCUT2D eigenvalue weighted by atomic mass is 9.93. The molecule has 10 rings (SSSR count). The summed E-state index contributed by atoms with van der Waals surface area (Å²) in [6, 6.07) is 62.1. The highest BCUT2D eigenvalue weighted by Gasteiger charge is 2.20. The first-order chi connectivity index (χ1) is 24.3. The molecule has 2 heterocycles. The van der Waals surface area contributed by atoms with E-state index in [4.69, 9.17) is 8.83 Å². The highest BCUT2D eigenvalue weighted by atomic mass is 16.3. The molecule has 0 N–H and O–H groups in total. The van der Waals surface area contributed by atoms with Crippen LogP contribution in [-0.2, 0) is 0 Å². The van der Waals surface area contributed by atoms with Crippen molar-refractivity contribution in [2.24, 2.45) is 0 Å². The van der Waals surface area contributed by atoms with Crippen molar-refractivity contribution in [2.75, 3.05) is 4.90 Å². The van der Waals surface area contributed by atoms with Gasteiger partial charge >= 0.3 is 0 Å². The minimum Gasteiger partial charge on any atom is -0.456 e. The first kappa shape index (κ1) is 27.5. The van der Waals surface area contributed by atoms with Gasteiger partial charge in [-0.05, 0) is 82.2 Å². The van der Waals surface area contributed by atoms with Crippen molar-refractivity contribution < 1.29 is 8.83 Å². The first-order valence-corrected chi connectivity index (χ1v) is 16.6. The molecule has 49 heavy (non-hydrogen) atoms. The normalized spacial score (nSPS) is 11.7. The molecule has 0 saturated carbocycles. The number of hydrogen-bond donors (Lipinski definition) is 0. The number of furan rings is 2. The molecule has 2 aromatic heterocycles. The molecule has 0 amide bonds. The summed E-state index contributed by atoms with van der Waals surface area (Å²) in [5.74, 6) is 0. The molecule has 8 aromatic carbocycles. The maximum Gasteiger partial charge on any atom is 0.143 e. The molecule has 0 spiro atoms. The Labute approximate surface area is 282 Å². The van der Waals surface area contributed by atoms with E-state index in [1.54, 1.807) is 0 Å². The van der Waals surface area contributed by atoms with Crippen LogP contribution in [0.2, 0.25) is 0 Å². The van der Waals surface area contributed by atoms with Gasteiger partial charge in [-0.2, -0.15) is 0 Å². The summed E-state index contributed by atoms with van der Waals surface area (Å²) in [7, 11) is 0. The molecule has 0 unspecified atom stereocenters. The van der Waals surface area contributed by atoms with Crippen LogP contribution in [0.1, 0.15) is 0 Å². The lowest BCUT2D eigenvalue weighted by Gasteiger charge is -2.27. The third-order valence-corrected chi connectivity index (χ3v) is 9.65. The molecule has 0 radical (unpaired) electrons. The van der Waals surface area contributed by atoms with Crippen molar-refractivity contribution >= 4 is 71.7 Å². The van der Waals surface area contributed by atoms with Gasteiger partial charge in [0.15, 0.2) is 0 Å². The molecule has 0 aliphatic rings. The van der Waals surface area contributed by atoms with Crippen molar-refractivity contribution in [1.82, 2.24) is 0 Å². The summed E-state index contributed by atoms with van der Waals surface area (Å²) < 4.78 is 12.9. The van der Waals surface area contributed by atoms with Gasteiger partial charge in [-0.3, -0.25) is 0 Å². The van der Waals surface area contributed by atoms with Crippen molar-refractivity contribution in [3.05, 3.63) is 176 Å². The van der Waals surface area contributed by atoms with Crippen LogP contribution in [0.3, 0.4) is 0 Å². The number of anilines is 3. The maximum atomic E-state index is 6.51. The first-order valence-electron chi connectivity index (χ1n) is 16.6. The summed E-state index contributed by atoms with van der Waals surface area (Å²) in [6.07, 6.45) is 0. The third-order valence-electron chi connectivity index (χ3n) is 9.65. The van der Waals surface area contributed by atoms with Crippen LogP contribution in [-0.4, -0.2) is 0 Å². The fourth-order valence-electron chi connectivity index (χ4n) is 7.33. The van der Waals surface area contributed by atoms with E-state index in [2.05, 4.69) is 169 Å². The zero-order valence-corrected chi connectivity index (χ0v) is 26.5. The van der Waals surface area contributed by atoms with Gasteiger partial charge < -0.3 is 13.7 Å². The van der Waals surface area contributed by atoms with Gasteiger partial charge in [0.25, 0.3) is 0 Å². The summed E-state index contributed by atoms with van der Waals surface area (Å²) >= 11 is 0. The van der Waals surface area contributed by atoms with Gasteiger partial charge in [0.05, 0.1) is 0 Å². The molecule has 10 aromatic rings. The van der Waals surface area contributed by atoms with Crippen molar-refractivity contribution in [1.29, 1.82) is 0 Å². The Balaban J connectivity index is 1.22. The maximum absolute atomic E-state index is 6.51. The van der Waals surface area contributed by atoms with Crippen LogP contribution in [0.4, 0.5) is 17.1 Å². The Morgan fingerprint density at radius 2 is 0.918 bits per heavy atom. The fraction of sp³-hybridized carbons (Fsp3) is 0. The molecule has 0 fully saturated rings. The van der Waals surface area contributed by atoms with Crippen LogP contribution in [0, 0.1) is 0 Å². The molecule has 0 bridgehead atoms. The lowest BCUT2D eigenvalue weighted by molar-refractivity contribution is 0.669. The van der Waals surface area contributed by atoms with Crippen LogP contribution in [0.5, 0.6) is 0 Å². The van der Waals surface area contributed by atoms with Gasteiger partial charge in [0, 0.05) is 50.1 Å². The quantitative estimate of drug-likeness (QED) is 0.190. The van der Waals surface area contributed by atoms with Gasteiger partial charge in [-0.1, -0.05) is 115 Å². The molecule has 0 saturated heterocycles. The smallest absolute Gasteiger partial charge is 0.143 e. The van der Waals surface area contributed by atoms with Crippen LogP contribution >= 0.6 is 0 Å². The molecule has 3 heteroatoms. The number of fused-ring (bicyclic) bond motifs is 8. The van der Waals surface area contributed by atoms with E-state index in [-0.39, 0.29) is 0 Å². The summed E-state index contributed by atoms with van der Waals surface area (Å²) in [5, 5.41) is 6.69. The van der Waals surface area contributed by atoms with Crippen molar-refractivity contribution in [3.8, 4) is 22.3 Å². The molecular weight excluding hydrogens is 599 g/mol. The van der Waals surface area contributed by atoms with E-state index in [0.29, 0.717) is 0 Å². The van der Waals surface area contributed by atoms with E-state index in [1.165, 1.54) is 27.6 Å². The molecule has 0 aliphatic carbocycles. The van der Waals surface area contributed by atoms with E-state index in [1.807, 2.05) is 12.1 Å². The number of para-hydroxylation sites is 1. The summed E-state index contributed by atoms with van der Waals surface area (Å²) in [6.45, 7) is 0. The molecule has 0 atom stereocenters. The van der Waals surface area contributed by atoms with Gasteiger partial charge in [-0.15, -0.1) is 0 Å².